The van der Waals surface area contributed by atoms with Gasteiger partial charge in [0.05, 0.1) is 13.2 Å². The molecule has 0 unspecified atom stereocenters. The molecule has 1 heterocycles. The third-order valence-electron chi connectivity index (χ3n) is 3.63. The van der Waals surface area contributed by atoms with Gasteiger partial charge in [-0.25, -0.2) is 0 Å². The summed E-state index contributed by atoms with van der Waals surface area (Å²) in [6, 6.07) is 26.1. The lowest BCUT2D eigenvalue weighted by Gasteiger charge is -2.12. The fourth-order valence-electron chi connectivity index (χ4n) is 2.49. The molecule has 3 aromatic rings. The van der Waals surface area contributed by atoms with Gasteiger partial charge in [0.15, 0.2) is 0 Å². The Labute approximate surface area is 137 Å². The minimum atomic E-state index is 0.338. The maximum absolute atomic E-state index is 10.2. The molecule has 0 bridgehead atoms. The summed E-state index contributed by atoms with van der Waals surface area (Å²) in [6.45, 7) is 2.00. The highest BCUT2D eigenvalue weighted by Crippen LogP contribution is 2.33. The average Bonchev–Trinajstić information content (AvgIpc) is 3.46. The third-order valence-corrected chi connectivity index (χ3v) is 3.63. The maximum atomic E-state index is 10.2. The predicted octanol–water partition coefficient (Wildman–Crippen LogP) is 4.67. The molecular weight excluding hydrogens is 284 g/mol. The highest BCUT2D eigenvalue weighted by Gasteiger charge is 2.10. The Morgan fingerprint density at radius 2 is 1.35 bits per heavy atom. The summed E-state index contributed by atoms with van der Waals surface area (Å²) in [7, 11) is 0. The zero-order chi connectivity index (χ0) is 15.9. The van der Waals surface area contributed by atoms with Crippen molar-refractivity contribution in [3.05, 3.63) is 90.0 Å². The van der Waals surface area contributed by atoms with Crippen LogP contribution in [0.15, 0.2) is 78.9 Å². The van der Waals surface area contributed by atoms with E-state index in [0.29, 0.717) is 5.75 Å². The van der Waals surface area contributed by atoms with Gasteiger partial charge < -0.3 is 9.84 Å². The van der Waals surface area contributed by atoms with E-state index in [1.54, 1.807) is 6.07 Å². The first kappa shape index (κ1) is 15.3. The smallest absolute Gasteiger partial charge is 0.123 e. The molecular formula is C21H20O2. The van der Waals surface area contributed by atoms with Gasteiger partial charge in [-0.2, -0.15) is 0 Å². The summed E-state index contributed by atoms with van der Waals surface area (Å²) in [4.78, 5) is 0. The van der Waals surface area contributed by atoms with Crippen molar-refractivity contribution < 1.29 is 9.84 Å². The van der Waals surface area contributed by atoms with Crippen LogP contribution in [0.25, 0.3) is 11.1 Å². The van der Waals surface area contributed by atoms with Gasteiger partial charge in [0, 0.05) is 5.56 Å². The quantitative estimate of drug-likeness (QED) is 0.713. The van der Waals surface area contributed by atoms with Crippen molar-refractivity contribution in [3.63, 3.8) is 0 Å². The van der Waals surface area contributed by atoms with E-state index in [1.807, 2.05) is 54.6 Å². The van der Waals surface area contributed by atoms with E-state index in [0.717, 1.165) is 36.3 Å². The zero-order valence-corrected chi connectivity index (χ0v) is 13.0. The molecule has 2 nitrogen and oxygen atoms in total. The Hall–Kier alpha value is -2.58. The number of rotatable bonds is 3. The van der Waals surface area contributed by atoms with Crippen LogP contribution in [0.5, 0.6) is 5.75 Å². The number of hydrogen-bond acceptors (Lipinski definition) is 2. The Kier molecular flexibility index (Phi) is 5.07. The van der Waals surface area contributed by atoms with Crippen molar-refractivity contribution in [2.24, 2.45) is 0 Å². The van der Waals surface area contributed by atoms with Gasteiger partial charge in [0.1, 0.15) is 5.75 Å². The first-order valence-electron chi connectivity index (χ1n) is 7.82. The fraction of sp³-hybridized carbons (Fsp3) is 0.143. The van der Waals surface area contributed by atoms with E-state index < -0.39 is 0 Å². The van der Waals surface area contributed by atoms with Crippen LogP contribution < -0.4 is 0 Å². The molecule has 0 saturated carbocycles. The molecule has 1 aliphatic heterocycles. The summed E-state index contributed by atoms with van der Waals surface area (Å²) in [5, 5.41) is 10.2. The molecule has 0 atom stereocenters. The summed E-state index contributed by atoms with van der Waals surface area (Å²) in [5.74, 6) is 0.338. The van der Waals surface area contributed by atoms with Crippen LogP contribution in [0.4, 0.5) is 0 Å². The lowest BCUT2D eigenvalue weighted by atomic mass is 9.94. The van der Waals surface area contributed by atoms with Crippen LogP contribution in [0.1, 0.15) is 11.1 Å². The second-order valence-corrected chi connectivity index (χ2v) is 5.45. The van der Waals surface area contributed by atoms with Gasteiger partial charge in [-0.15, -0.1) is 0 Å². The number of hydrogen-bond donors (Lipinski definition) is 1. The summed E-state index contributed by atoms with van der Waals surface area (Å²) >= 11 is 0. The normalized spacial score (nSPS) is 12.2. The average molecular weight is 304 g/mol. The van der Waals surface area contributed by atoms with E-state index in [-0.39, 0.29) is 0 Å². The Morgan fingerprint density at radius 1 is 0.739 bits per heavy atom. The van der Waals surface area contributed by atoms with Gasteiger partial charge in [-0.1, -0.05) is 72.8 Å². The molecule has 3 aromatic carbocycles. The monoisotopic (exact) mass is 304 g/mol. The standard InChI is InChI=1S/C19H16O.C2H4O/c20-18-13-7-12-17(14-15-8-3-1-4-9-15)19(18)16-10-5-2-6-11-16;1-2-3-1/h1-13,20H,14H2;1-2H2. The predicted molar refractivity (Wildman–Crippen MR) is 93.6 cm³/mol. The van der Waals surface area contributed by atoms with Crippen LogP contribution in [0, 0.1) is 0 Å². The molecule has 1 saturated heterocycles. The van der Waals surface area contributed by atoms with Crippen LogP contribution in [-0.4, -0.2) is 18.3 Å². The SMILES string of the molecule is C1CO1.Oc1cccc(Cc2ccccc2)c1-c1ccccc1. The molecule has 1 aliphatic rings. The number of ether oxygens (including phenoxy) is 1. The van der Waals surface area contributed by atoms with E-state index in [4.69, 9.17) is 0 Å². The fourth-order valence-corrected chi connectivity index (χ4v) is 2.49. The summed E-state index contributed by atoms with van der Waals surface area (Å²) in [6.07, 6.45) is 0.819. The van der Waals surface area contributed by atoms with Crippen molar-refractivity contribution >= 4 is 0 Å². The summed E-state index contributed by atoms with van der Waals surface area (Å²) < 4.78 is 4.50. The number of benzene rings is 3. The van der Waals surface area contributed by atoms with Crippen LogP contribution in [0.3, 0.4) is 0 Å². The largest absolute Gasteiger partial charge is 0.507 e. The second-order valence-electron chi connectivity index (χ2n) is 5.45. The maximum Gasteiger partial charge on any atom is 0.123 e. The Morgan fingerprint density at radius 3 is 1.96 bits per heavy atom. The molecule has 2 heteroatoms. The van der Waals surface area contributed by atoms with E-state index in [2.05, 4.69) is 22.9 Å². The van der Waals surface area contributed by atoms with Crippen LogP contribution >= 0.6 is 0 Å². The molecule has 23 heavy (non-hydrogen) atoms. The van der Waals surface area contributed by atoms with E-state index in [1.165, 1.54) is 5.56 Å². The molecule has 116 valence electrons. The van der Waals surface area contributed by atoms with Crippen molar-refractivity contribution in [1.29, 1.82) is 0 Å². The van der Waals surface area contributed by atoms with Crippen LogP contribution in [-0.2, 0) is 11.2 Å². The molecule has 4 rings (SSSR count). The molecule has 0 radical (unpaired) electrons. The molecule has 1 fully saturated rings. The Balaban J connectivity index is 0.000000468. The molecule has 1 N–H and O–H groups in total. The topological polar surface area (TPSA) is 32.8 Å². The number of aromatic hydroxyl groups is 1. The first-order chi connectivity index (χ1) is 11.3. The number of phenols is 1. The highest BCUT2D eigenvalue weighted by atomic mass is 16.6. The van der Waals surface area contributed by atoms with Gasteiger partial charge >= 0.3 is 0 Å². The van der Waals surface area contributed by atoms with Crippen molar-refractivity contribution in [2.75, 3.05) is 13.2 Å². The van der Waals surface area contributed by atoms with Crippen molar-refractivity contribution in [2.45, 2.75) is 6.42 Å². The van der Waals surface area contributed by atoms with E-state index >= 15 is 0 Å². The lowest BCUT2D eigenvalue weighted by molar-refractivity contribution is 0.475. The molecule has 0 amide bonds. The second kappa shape index (κ2) is 7.61. The van der Waals surface area contributed by atoms with Gasteiger partial charge in [0.25, 0.3) is 0 Å². The van der Waals surface area contributed by atoms with Gasteiger partial charge in [0.2, 0.25) is 0 Å². The minimum absolute atomic E-state index is 0.338. The molecule has 0 aromatic heterocycles. The zero-order valence-electron chi connectivity index (χ0n) is 13.0. The van der Waals surface area contributed by atoms with Crippen LogP contribution in [0.2, 0.25) is 0 Å². The van der Waals surface area contributed by atoms with Crippen molar-refractivity contribution in [3.8, 4) is 16.9 Å². The minimum Gasteiger partial charge on any atom is -0.507 e. The van der Waals surface area contributed by atoms with Gasteiger partial charge in [-0.05, 0) is 29.2 Å². The molecule has 0 spiro atoms. The van der Waals surface area contributed by atoms with Gasteiger partial charge in [-0.3, -0.25) is 0 Å². The molecule has 0 aliphatic carbocycles. The Bertz CT molecular complexity index is 732. The highest BCUT2D eigenvalue weighted by molar-refractivity contribution is 5.74. The lowest BCUT2D eigenvalue weighted by Crippen LogP contribution is -1.92. The summed E-state index contributed by atoms with van der Waals surface area (Å²) in [5.41, 5.74) is 4.37. The third kappa shape index (κ3) is 4.44. The van der Waals surface area contributed by atoms with E-state index in [9.17, 15) is 5.11 Å². The number of phenolic OH excluding ortho intramolecular Hbond substituents is 1. The first-order valence-corrected chi connectivity index (χ1v) is 7.82. The number of epoxide rings is 1. The van der Waals surface area contributed by atoms with Crippen molar-refractivity contribution in [1.82, 2.24) is 0 Å².